The highest BCUT2D eigenvalue weighted by Gasteiger charge is 2.19. The molecule has 0 aliphatic carbocycles. The molecule has 1 atom stereocenters. The molecular formula is C14H17ClN4O. The lowest BCUT2D eigenvalue weighted by molar-refractivity contribution is -0.123. The van der Waals surface area contributed by atoms with Crippen LogP contribution in [0.4, 0.5) is 0 Å². The van der Waals surface area contributed by atoms with Crippen molar-refractivity contribution in [3.63, 3.8) is 0 Å². The highest BCUT2D eigenvalue weighted by Crippen LogP contribution is 2.13. The van der Waals surface area contributed by atoms with E-state index in [2.05, 4.69) is 15.7 Å². The first kappa shape index (κ1) is 14.6. The molecule has 0 saturated carbocycles. The van der Waals surface area contributed by atoms with Gasteiger partial charge in [-0.05, 0) is 24.7 Å². The Labute approximate surface area is 122 Å². The molecule has 0 aliphatic heterocycles. The SMILES string of the molecule is CNC(C(=O)NCc1cccc(Cl)c1)c1cnn(C)c1. The second-order valence-electron chi connectivity index (χ2n) is 4.52. The predicted octanol–water partition coefficient (Wildman–Crippen LogP) is 1.65. The number of benzene rings is 1. The number of carbonyl (C=O) groups excluding carboxylic acids is 1. The van der Waals surface area contributed by atoms with Gasteiger partial charge in [0.15, 0.2) is 0 Å². The monoisotopic (exact) mass is 292 g/mol. The number of hydrogen-bond acceptors (Lipinski definition) is 3. The Balaban J connectivity index is 1.99. The van der Waals surface area contributed by atoms with Crippen molar-refractivity contribution in [2.75, 3.05) is 7.05 Å². The van der Waals surface area contributed by atoms with E-state index in [4.69, 9.17) is 11.6 Å². The molecule has 1 aromatic carbocycles. The van der Waals surface area contributed by atoms with Gasteiger partial charge in [0.25, 0.3) is 0 Å². The lowest BCUT2D eigenvalue weighted by Gasteiger charge is -2.14. The maximum Gasteiger partial charge on any atom is 0.242 e. The van der Waals surface area contributed by atoms with Crippen molar-refractivity contribution in [2.45, 2.75) is 12.6 Å². The Morgan fingerprint density at radius 2 is 2.30 bits per heavy atom. The van der Waals surface area contributed by atoms with E-state index in [9.17, 15) is 4.79 Å². The third-order valence-electron chi connectivity index (χ3n) is 2.96. The summed E-state index contributed by atoms with van der Waals surface area (Å²) in [6, 6.07) is 7.01. The number of carbonyl (C=O) groups is 1. The number of aromatic nitrogens is 2. The van der Waals surface area contributed by atoms with Crippen LogP contribution in [0.15, 0.2) is 36.7 Å². The van der Waals surface area contributed by atoms with Gasteiger partial charge in [-0.3, -0.25) is 9.48 Å². The summed E-state index contributed by atoms with van der Waals surface area (Å²) in [6.45, 7) is 0.442. The Kier molecular flexibility index (Phi) is 4.76. The minimum absolute atomic E-state index is 0.0968. The number of nitrogens with zero attached hydrogens (tertiary/aromatic N) is 2. The number of likely N-dealkylation sites (N-methyl/N-ethyl adjacent to an activating group) is 1. The van der Waals surface area contributed by atoms with Crippen LogP contribution in [0.25, 0.3) is 0 Å². The number of aryl methyl sites for hydroxylation is 1. The zero-order chi connectivity index (χ0) is 14.5. The van der Waals surface area contributed by atoms with Crippen LogP contribution in [0.5, 0.6) is 0 Å². The fourth-order valence-electron chi connectivity index (χ4n) is 1.98. The maximum atomic E-state index is 12.2. The molecule has 0 radical (unpaired) electrons. The summed E-state index contributed by atoms with van der Waals surface area (Å²) >= 11 is 5.91. The van der Waals surface area contributed by atoms with Gasteiger partial charge in [-0.2, -0.15) is 5.10 Å². The average molecular weight is 293 g/mol. The fourth-order valence-corrected chi connectivity index (χ4v) is 2.19. The predicted molar refractivity (Wildman–Crippen MR) is 78.3 cm³/mol. The molecule has 0 fully saturated rings. The van der Waals surface area contributed by atoms with Crippen LogP contribution in [0.2, 0.25) is 5.02 Å². The maximum absolute atomic E-state index is 12.2. The quantitative estimate of drug-likeness (QED) is 0.881. The molecule has 106 valence electrons. The summed E-state index contributed by atoms with van der Waals surface area (Å²) in [7, 11) is 3.57. The molecule has 2 aromatic rings. The van der Waals surface area contributed by atoms with E-state index in [0.717, 1.165) is 11.1 Å². The van der Waals surface area contributed by atoms with Gasteiger partial charge in [0.05, 0.1) is 6.20 Å². The first-order valence-electron chi connectivity index (χ1n) is 6.28. The summed E-state index contributed by atoms with van der Waals surface area (Å²) in [5.74, 6) is -0.0968. The largest absolute Gasteiger partial charge is 0.350 e. The van der Waals surface area contributed by atoms with Gasteiger partial charge < -0.3 is 10.6 Å². The zero-order valence-corrected chi connectivity index (χ0v) is 12.2. The van der Waals surface area contributed by atoms with Crippen LogP contribution in [0, 0.1) is 0 Å². The van der Waals surface area contributed by atoms with Gasteiger partial charge in [-0.15, -0.1) is 0 Å². The summed E-state index contributed by atoms with van der Waals surface area (Å²) in [5.41, 5.74) is 1.80. The van der Waals surface area contributed by atoms with Crippen molar-refractivity contribution < 1.29 is 4.79 Å². The van der Waals surface area contributed by atoms with Crippen molar-refractivity contribution in [1.29, 1.82) is 0 Å². The van der Waals surface area contributed by atoms with E-state index in [0.29, 0.717) is 11.6 Å². The molecule has 0 bridgehead atoms. The van der Waals surface area contributed by atoms with Crippen molar-refractivity contribution in [3.05, 3.63) is 52.8 Å². The Bertz CT molecular complexity index is 596. The van der Waals surface area contributed by atoms with Gasteiger partial charge in [0.1, 0.15) is 6.04 Å². The number of nitrogens with one attached hydrogen (secondary N) is 2. The molecule has 6 heteroatoms. The van der Waals surface area contributed by atoms with Crippen molar-refractivity contribution in [3.8, 4) is 0 Å². The second-order valence-corrected chi connectivity index (χ2v) is 4.95. The van der Waals surface area contributed by atoms with Crippen LogP contribution in [-0.4, -0.2) is 22.7 Å². The number of halogens is 1. The molecule has 2 rings (SSSR count). The van der Waals surface area contributed by atoms with Crippen LogP contribution in [-0.2, 0) is 18.4 Å². The fraction of sp³-hybridized carbons (Fsp3) is 0.286. The van der Waals surface area contributed by atoms with Crippen LogP contribution in [0.3, 0.4) is 0 Å². The number of rotatable bonds is 5. The highest BCUT2D eigenvalue weighted by atomic mass is 35.5. The van der Waals surface area contributed by atoms with E-state index in [-0.39, 0.29) is 5.91 Å². The minimum Gasteiger partial charge on any atom is -0.350 e. The van der Waals surface area contributed by atoms with E-state index < -0.39 is 6.04 Å². The normalized spacial score (nSPS) is 12.2. The van der Waals surface area contributed by atoms with Gasteiger partial charge in [-0.25, -0.2) is 0 Å². The Morgan fingerprint density at radius 1 is 1.50 bits per heavy atom. The molecule has 5 nitrogen and oxygen atoms in total. The van der Waals surface area contributed by atoms with Gasteiger partial charge in [0, 0.05) is 30.4 Å². The minimum atomic E-state index is -0.414. The lowest BCUT2D eigenvalue weighted by Crippen LogP contribution is -2.35. The second kappa shape index (κ2) is 6.54. The summed E-state index contributed by atoms with van der Waals surface area (Å²) in [6.07, 6.45) is 3.50. The Hall–Kier alpha value is -1.85. The Morgan fingerprint density at radius 3 is 2.90 bits per heavy atom. The van der Waals surface area contributed by atoms with Gasteiger partial charge in [0.2, 0.25) is 5.91 Å². The molecule has 2 N–H and O–H groups in total. The first-order valence-corrected chi connectivity index (χ1v) is 6.66. The van der Waals surface area contributed by atoms with E-state index in [1.807, 2.05) is 31.4 Å². The smallest absolute Gasteiger partial charge is 0.242 e. The standard InChI is InChI=1S/C14H17ClN4O/c1-16-13(11-8-18-19(2)9-11)14(20)17-7-10-4-3-5-12(15)6-10/h3-6,8-9,13,16H,7H2,1-2H3,(H,17,20). The van der Waals surface area contributed by atoms with Gasteiger partial charge in [-0.1, -0.05) is 23.7 Å². The van der Waals surface area contributed by atoms with E-state index in [1.54, 1.807) is 24.0 Å². The van der Waals surface area contributed by atoms with E-state index >= 15 is 0 Å². The molecule has 1 amide bonds. The summed E-state index contributed by atoms with van der Waals surface area (Å²) in [4.78, 5) is 12.2. The molecular weight excluding hydrogens is 276 g/mol. The average Bonchev–Trinajstić information content (AvgIpc) is 2.84. The zero-order valence-electron chi connectivity index (χ0n) is 11.4. The van der Waals surface area contributed by atoms with Crippen molar-refractivity contribution in [2.24, 2.45) is 7.05 Å². The highest BCUT2D eigenvalue weighted by molar-refractivity contribution is 6.30. The third-order valence-corrected chi connectivity index (χ3v) is 3.20. The molecule has 0 spiro atoms. The van der Waals surface area contributed by atoms with Crippen LogP contribution in [0.1, 0.15) is 17.2 Å². The molecule has 1 unspecified atom stereocenters. The summed E-state index contributed by atoms with van der Waals surface area (Å²) in [5, 5.41) is 10.6. The summed E-state index contributed by atoms with van der Waals surface area (Å²) < 4.78 is 1.67. The third kappa shape index (κ3) is 3.59. The van der Waals surface area contributed by atoms with E-state index in [1.165, 1.54) is 0 Å². The number of hydrogen-bond donors (Lipinski definition) is 2. The van der Waals surface area contributed by atoms with Gasteiger partial charge >= 0.3 is 0 Å². The molecule has 0 aliphatic rings. The molecule has 0 saturated heterocycles. The molecule has 1 heterocycles. The first-order chi connectivity index (χ1) is 9.60. The van der Waals surface area contributed by atoms with Crippen LogP contribution < -0.4 is 10.6 Å². The van der Waals surface area contributed by atoms with Crippen molar-refractivity contribution >= 4 is 17.5 Å². The lowest BCUT2D eigenvalue weighted by atomic mass is 10.1. The van der Waals surface area contributed by atoms with Crippen molar-refractivity contribution in [1.82, 2.24) is 20.4 Å². The number of amides is 1. The van der Waals surface area contributed by atoms with Crippen LogP contribution >= 0.6 is 11.6 Å². The topological polar surface area (TPSA) is 59.0 Å². The molecule has 1 aromatic heterocycles. The molecule has 20 heavy (non-hydrogen) atoms.